The molecule has 1 aromatic carbocycles. The van der Waals surface area contributed by atoms with Gasteiger partial charge in [0.05, 0.1) is 19.3 Å². The predicted molar refractivity (Wildman–Crippen MR) is 109 cm³/mol. The smallest absolute Gasteiger partial charge is 0.303 e. The number of unbranched alkanes of at least 4 members (excludes halogenated alkanes) is 1. The third kappa shape index (κ3) is 8.66. The first-order valence-electron chi connectivity index (χ1n) is 9.80. The van der Waals surface area contributed by atoms with Gasteiger partial charge in [0, 0.05) is 56.0 Å². The number of allylic oxidation sites excluding steroid dienone is 2. The second-order valence-electron chi connectivity index (χ2n) is 7.04. The van der Waals surface area contributed by atoms with E-state index in [1.54, 1.807) is 0 Å². The summed E-state index contributed by atoms with van der Waals surface area (Å²) in [5.41, 5.74) is 0.728. The number of ether oxygens (including phenoxy) is 2. The Bertz CT molecular complexity index is 639. The van der Waals surface area contributed by atoms with Gasteiger partial charge in [0.2, 0.25) is 0 Å². The molecule has 1 aromatic rings. The molecule has 1 radical (unpaired) electrons. The molecular weight excluding hydrogens is 469 g/mol. The molecule has 1 saturated carbocycles. The van der Waals surface area contributed by atoms with Gasteiger partial charge in [-0.25, -0.2) is 0 Å². The maximum absolute atomic E-state index is 11.3. The van der Waals surface area contributed by atoms with Gasteiger partial charge in [0.1, 0.15) is 5.75 Å². The molecule has 2 rings (SSSR count). The summed E-state index contributed by atoms with van der Waals surface area (Å²) in [4.78, 5) is 11.3. The van der Waals surface area contributed by atoms with Gasteiger partial charge in [-0.1, -0.05) is 30.4 Å². The average molecular weight is 499 g/mol. The largest absolute Gasteiger partial charge is 0.499 e. The van der Waals surface area contributed by atoms with Crippen molar-refractivity contribution in [2.24, 2.45) is 11.8 Å². The molecule has 29 heavy (non-hydrogen) atoms. The van der Waals surface area contributed by atoms with E-state index < -0.39 is 6.10 Å². The van der Waals surface area contributed by atoms with Gasteiger partial charge in [0.25, 0.3) is 0 Å². The first kappa shape index (κ1) is 26.6. The third-order valence-corrected chi connectivity index (χ3v) is 5.64. The van der Waals surface area contributed by atoms with Gasteiger partial charge >= 0.3 is 5.97 Å². The van der Waals surface area contributed by atoms with Crippen LogP contribution in [0.15, 0.2) is 36.4 Å². The minimum atomic E-state index is -0.500. The number of para-hydroxylation sites is 1. The molecule has 0 spiro atoms. The fourth-order valence-electron chi connectivity index (χ4n) is 3.57. The second kappa shape index (κ2) is 14.5. The van der Waals surface area contributed by atoms with Crippen LogP contribution in [-0.2, 0) is 48.8 Å². The van der Waals surface area contributed by atoms with E-state index >= 15 is 0 Å². The molecular formula is C22H30ClO5Y-. The number of esters is 1. The Morgan fingerprint density at radius 2 is 2.03 bits per heavy atom. The van der Waals surface area contributed by atoms with Gasteiger partial charge in [-0.3, -0.25) is 4.79 Å². The van der Waals surface area contributed by atoms with Crippen molar-refractivity contribution in [1.29, 1.82) is 0 Å². The number of carbonyl (C=O) groups excluding carboxylic acids is 1. The number of aliphatic hydroxyl groups is 2. The van der Waals surface area contributed by atoms with Crippen molar-refractivity contribution in [2.45, 2.75) is 50.2 Å². The third-order valence-electron chi connectivity index (χ3n) is 5.14. The number of aliphatic hydroxyl groups excluding tert-OH is 2. The summed E-state index contributed by atoms with van der Waals surface area (Å²) >= 11 is 6.47. The zero-order valence-electron chi connectivity index (χ0n) is 16.7. The van der Waals surface area contributed by atoms with E-state index in [4.69, 9.17) is 21.1 Å². The van der Waals surface area contributed by atoms with Crippen LogP contribution < -0.4 is 4.74 Å². The van der Waals surface area contributed by atoms with Gasteiger partial charge in [-0.2, -0.15) is 0 Å². The number of rotatable bonds is 11. The molecule has 0 heterocycles. The van der Waals surface area contributed by atoms with Crippen LogP contribution in [0.25, 0.3) is 0 Å². The van der Waals surface area contributed by atoms with Crippen LogP contribution in [0.1, 0.15) is 37.7 Å². The summed E-state index contributed by atoms with van der Waals surface area (Å²) in [7, 11) is 0. The van der Waals surface area contributed by atoms with Crippen LogP contribution in [0.3, 0.4) is 0 Å². The second-order valence-corrected chi connectivity index (χ2v) is 7.60. The molecule has 7 heteroatoms. The molecule has 0 aromatic heterocycles. The van der Waals surface area contributed by atoms with Gasteiger partial charge in [0.15, 0.2) is 0 Å². The van der Waals surface area contributed by atoms with Crippen molar-refractivity contribution in [3.63, 3.8) is 0 Å². The van der Waals surface area contributed by atoms with Crippen molar-refractivity contribution in [3.8, 4) is 5.75 Å². The standard InChI is InChI=1S/C22H30ClO5.Y/c1-2-27-22(26)12-6-4-3-5-10-17-18(20(25)13-19(17)23)15-28-21-11-8-7-9-16(21)14-24;/h3,5,7-9,11,17-20,24-25H,1-2,4,6,10,12-15H2;/q-1;/b5-3-;/t17-,18-,19-,20-;/m1./s1. The number of hydrogen-bond donors (Lipinski definition) is 2. The minimum Gasteiger partial charge on any atom is -0.499 e. The molecule has 5 nitrogen and oxygen atoms in total. The summed E-state index contributed by atoms with van der Waals surface area (Å²) in [5.74, 6) is 0.471. The predicted octanol–water partition coefficient (Wildman–Crippen LogP) is 3.65. The van der Waals surface area contributed by atoms with E-state index in [1.165, 1.54) is 0 Å². The molecule has 4 atom stereocenters. The summed E-state index contributed by atoms with van der Waals surface area (Å²) in [6.45, 7) is 3.92. The Hall–Kier alpha value is -0.456. The molecule has 159 valence electrons. The van der Waals surface area contributed by atoms with E-state index in [0.29, 0.717) is 25.2 Å². The van der Waals surface area contributed by atoms with Crippen molar-refractivity contribution in [3.05, 3.63) is 48.9 Å². The van der Waals surface area contributed by atoms with Crippen LogP contribution in [0.4, 0.5) is 0 Å². The first-order chi connectivity index (χ1) is 13.6. The van der Waals surface area contributed by atoms with E-state index in [1.807, 2.05) is 30.3 Å². The fourth-order valence-corrected chi connectivity index (χ4v) is 4.05. The van der Waals surface area contributed by atoms with Crippen LogP contribution in [0.2, 0.25) is 0 Å². The summed E-state index contributed by atoms with van der Waals surface area (Å²) in [6, 6.07) is 7.35. The topological polar surface area (TPSA) is 76.0 Å². The van der Waals surface area contributed by atoms with Gasteiger partial charge < -0.3 is 26.6 Å². The number of halogens is 1. The maximum atomic E-state index is 11.3. The number of carbonyl (C=O) groups is 1. The molecule has 0 unspecified atom stereocenters. The Morgan fingerprint density at radius 1 is 1.28 bits per heavy atom. The van der Waals surface area contributed by atoms with E-state index in [9.17, 15) is 15.0 Å². The van der Waals surface area contributed by atoms with Crippen LogP contribution >= 0.6 is 11.6 Å². The molecule has 0 saturated heterocycles. The Morgan fingerprint density at radius 3 is 2.76 bits per heavy atom. The molecule has 0 amide bonds. The summed E-state index contributed by atoms with van der Waals surface area (Å²) < 4.78 is 10.7. The quantitative estimate of drug-likeness (QED) is 0.160. The SMILES string of the molecule is [CH2-]COC(=O)CCC/C=C\C[C@@H]1[C@@H](COc2ccccc2CO)[C@H](O)C[C@H]1Cl.[Y]. The average Bonchev–Trinajstić information content (AvgIpc) is 2.95. The van der Waals surface area contributed by atoms with E-state index in [0.717, 1.165) is 24.8 Å². The van der Waals surface area contributed by atoms with Crippen molar-refractivity contribution in [1.82, 2.24) is 0 Å². The Kier molecular flexibility index (Phi) is 13.3. The minimum absolute atomic E-state index is 0. The van der Waals surface area contributed by atoms with Crippen LogP contribution in [-0.4, -0.2) is 40.9 Å². The molecule has 1 aliphatic carbocycles. The van der Waals surface area contributed by atoms with Crippen LogP contribution in [0.5, 0.6) is 5.75 Å². The number of alkyl halides is 1. The summed E-state index contributed by atoms with van der Waals surface area (Å²) in [6.07, 6.45) is 6.83. The normalized spacial score (nSPS) is 23.7. The molecule has 2 N–H and O–H groups in total. The zero-order chi connectivity index (χ0) is 20.4. The fraction of sp³-hybridized carbons (Fsp3) is 0.545. The van der Waals surface area contributed by atoms with E-state index in [2.05, 4.69) is 13.0 Å². The van der Waals surface area contributed by atoms with Gasteiger partial charge in [-0.05, 0) is 44.3 Å². The van der Waals surface area contributed by atoms with Crippen LogP contribution in [0, 0.1) is 18.8 Å². The molecule has 0 aliphatic heterocycles. The van der Waals surface area contributed by atoms with E-state index in [-0.39, 0.29) is 69.1 Å². The Balaban J connectivity index is 0.00000420. The van der Waals surface area contributed by atoms with Crippen molar-refractivity contribution in [2.75, 3.05) is 13.2 Å². The van der Waals surface area contributed by atoms with Crippen molar-refractivity contribution < 1.29 is 57.2 Å². The molecule has 0 bridgehead atoms. The number of benzene rings is 1. The summed E-state index contributed by atoms with van der Waals surface area (Å²) in [5, 5.41) is 19.7. The number of hydrogen-bond acceptors (Lipinski definition) is 5. The monoisotopic (exact) mass is 498 g/mol. The first-order valence-corrected chi connectivity index (χ1v) is 10.2. The van der Waals surface area contributed by atoms with Gasteiger partial charge in [-0.15, -0.1) is 11.6 Å². The maximum Gasteiger partial charge on any atom is 0.303 e. The Labute approximate surface area is 203 Å². The van der Waals surface area contributed by atoms with Crippen molar-refractivity contribution >= 4 is 17.6 Å². The zero-order valence-corrected chi connectivity index (χ0v) is 20.3. The molecule has 1 aliphatic rings. The molecule has 1 fully saturated rings.